The number of rotatable bonds is 48. The van der Waals surface area contributed by atoms with Crippen LogP contribution in [-0.4, -0.2) is 110 Å². The van der Waals surface area contributed by atoms with Crippen molar-refractivity contribution in [3.63, 3.8) is 0 Å². The van der Waals surface area contributed by atoms with E-state index >= 15 is 0 Å². The van der Waals surface area contributed by atoms with Gasteiger partial charge in [0, 0.05) is 0 Å². The Morgan fingerprint density at radius 1 is 0.515 bits per heavy atom. The summed E-state index contributed by atoms with van der Waals surface area (Å²) in [6.07, 6.45) is 45.0. The van der Waals surface area contributed by atoms with Gasteiger partial charge in [-0.05, 0) is 64.2 Å². The minimum absolute atomic E-state index is 0.236. The average Bonchev–Trinajstić information content (AvgIpc) is 3.34. The van der Waals surface area contributed by atoms with Gasteiger partial charge in [-0.25, -0.2) is 0 Å². The third kappa shape index (κ3) is 34.6. The molecule has 0 saturated carbocycles. The molecule has 1 aliphatic rings. The highest BCUT2D eigenvalue weighted by atomic mass is 16.7. The van der Waals surface area contributed by atoms with Crippen molar-refractivity contribution >= 4 is 5.91 Å². The summed E-state index contributed by atoms with van der Waals surface area (Å²) in [4.78, 5) is 13.1. The first kappa shape index (κ1) is 64.3. The zero-order valence-corrected chi connectivity index (χ0v) is 43.6. The molecule has 8 N–H and O–H groups in total. The fourth-order valence-electron chi connectivity index (χ4n) is 9.02. The van der Waals surface area contributed by atoms with Crippen LogP contribution < -0.4 is 5.32 Å². The molecule has 11 heteroatoms. The van der Waals surface area contributed by atoms with Crippen molar-refractivity contribution in [3.8, 4) is 0 Å². The Morgan fingerprint density at radius 3 is 1.38 bits per heavy atom. The van der Waals surface area contributed by atoms with Crippen LogP contribution in [0.3, 0.4) is 0 Å². The number of allylic oxidation sites excluding steroid dienone is 6. The van der Waals surface area contributed by atoms with Gasteiger partial charge in [-0.15, -0.1) is 0 Å². The van der Waals surface area contributed by atoms with Crippen molar-refractivity contribution in [2.45, 2.75) is 306 Å². The maximum Gasteiger partial charge on any atom is 0.249 e. The lowest BCUT2D eigenvalue weighted by Crippen LogP contribution is -2.60. The fraction of sp³-hybridized carbons (Fsp3) is 0.877. The molecular formula is C57H107NO10. The van der Waals surface area contributed by atoms with E-state index in [-0.39, 0.29) is 12.8 Å². The molecule has 11 nitrogen and oxygen atoms in total. The minimum Gasteiger partial charge on any atom is -0.394 e. The molecule has 1 amide bonds. The molecule has 0 radical (unpaired) electrons. The molecule has 1 heterocycles. The van der Waals surface area contributed by atoms with Gasteiger partial charge in [0.15, 0.2) is 6.29 Å². The molecule has 1 fully saturated rings. The molecule has 1 saturated heterocycles. The molecule has 1 aliphatic heterocycles. The zero-order valence-electron chi connectivity index (χ0n) is 43.6. The SMILES string of the molecule is CCCCC/C=C\C=C/CCCCCCCC(O)C(=O)NC(COC1OC(CO)C(O)C(O)C1O)C(O)C(O)CCC/C=C/CCCCCCCCCCCCCCCCCCCCCCCC. The Labute approximate surface area is 416 Å². The third-order valence-electron chi connectivity index (χ3n) is 13.7. The van der Waals surface area contributed by atoms with Crippen molar-refractivity contribution in [2.75, 3.05) is 13.2 Å². The Kier molecular flexibility index (Phi) is 43.9. The number of ether oxygens (including phenoxy) is 2. The van der Waals surface area contributed by atoms with Crippen LogP contribution in [-0.2, 0) is 14.3 Å². The average molecular weight is 966 g/mol. The molecule has 1 rings (SSSR count). The molecule has 0 aliphatic carbocycles. The van der Waals surface area contributed by atoms with Gasteiger partial charge in [-0.3, -0.25) is 4.79 Å². The molecule has 0 bridgehead atoms. The summed E-state index contributed by atoms with van der Waals surface area (Å²) in [6.45, 7) is 3.41. The number of carbonyl (C=O) groups excluding carboxylic acids is 1. The van der Waals surface area contributed by atoms with Crippen LogP contribution >= 0.6 is 0 Å². The van der Waals surface area contributed by atoms with E-state index in [2.05, 4.69) is 55.6 Å². The van der Waals surface area contributed by atoms with Gasteiger partial charge in [0.1, 0.15) is 36.6 Å². The number of hydrogen-bond acceptors (Lipinski definition) is 10. The van der Waals surface area contributed by atoms with Gasteiger partial charge in [0.25, 0.3) is 0 Å². The van der Waals surface area contributed by atoms with Crippen molar-refractivity contribution < 1.29 is 50.0 Å². The van der Waals surface area contributed by atoms with Crippen LogP contribution in [0.1, 0.15) is 251 Å². The Morgan fingerprint density at radius 2 is 0.912 bits per heavy atom. The van der Waals surface area contributed by atoms with E-state index < -0.39 is 74.2 Å². The molecule has 0 spiro atoms. The quantitative estimate of drug-likeness (QED) is 0.0166. The van der Waals surface area contributed by atoms with Crippen molar-refractivity contribution in [1.29, 1.82) is 0 Å². The maximum atomic E-state index is 13.1. The van der Waals surface area contributed by atoms with Crippen LogP contribution in [0.25, 0.3) is 0 Å². The highest BCUT2D eigenvalue weighted by molar-refractivity contribution is 5.80. The topological polar surface area (TPSA) is 189 Å². The van der Waals surface area contributed by atoms with Gasteiger partial charge >= 0.3 is 0 Å². The van der Waals surface area contributed by atoms with Gasteiger partial charge in [0.2, 0.25) is 5.91 Å². The van der Waals surface area contributed by atoms with E-state index in [9.17, 15) is 40.5 Å². The molecule has 9 atom stereocenters. The Bertz CT molecular complexity index is 1200. The van der Waals surface area contributed by atoms with E-state index in [0.717, 1.165) is 57.8 Å². The summed E-state index contributed by atoms with van der Waals surface area (Å²) in [5.41, 5.74) is 0. The third-order valence-corrected chi connectivity index (χ3v) is 13.7. The van der Waals surface area contributed by atoms with E-state index in [1.165, 1.54) is 154 Å². The predicted molar refractivity (Wildman–Crippen MR) is 279 cm³/mol. The molecule has 0 aromatic heterocycles. The van der Waals surface area contributed by atoms with Crippen LogP contribution in [0.4, 0.5) is 0 Å². The lowest BCUT2D eigenvalue weighted by Gasteiger charge is -2.40. The Balaban J connectivity index is 2.30. The van der Waals surface area contributed by atoms with Crippen molar-refractivity contribution in [3.05, 3.63) is 36.5 Å². The minimum atomic E-state index is -1.67. The Hall–Kier alpha value is -1.67. The fourth-order valence-corrected chi connectivity index (χ4v) is 9.02. The standard InChI is InChI=1S/C57H107NO10/c1-3-5-7-9-11-13-15-17-19-20-21-22-23-24-25-26-27-28-29-30-31-33-34-36-38-40-42-44-49(60)52(62)48(47-67-57-55(65)54(64)53(63)51(46-59)68-57)58-56(66)50(61)45-43-41-39-37-35-32-18-16-14-12-10-8-6-4-2/h12,14,16,18,36,38,48-55,57,59-65H,3-11,13,15,17,19-35,37,39-47H2,1-2H3,(H,58,66)/b14-12-,18-16-,38-36+. The van der Waals surface area contributed by atoms with Crippen LogP contribution in [0.15, 0.2) is 36.5 Å². The number of carbonyl (C=O) groups is 1. The van der Waals surface area contributed by atoms with E-state index in [4.69, 9.17) is 9.47 Å². The van der Waals surface area contributed by atoms with Crippen LogP contribution in [0.5, 0.6) is 0 Å². The van der Waals surface area contributed by atoms with Gasteiger partial charge < -0.3 is 50.5 Å². The summed E-state index contributed by atoms with van der Waals surface area (Å²) < 4.78 is 11.1. The lowest BCUT2D eigenvalue weighted by molar-refractivity contribution is -0.303. The van der Waals surface area contributed by atoms with Crippen molar-refractivity contribution in [1.82, 2.24) is 5.32 Å². The zero-order chi connectivity index (χ0) is 49.7. The first-order valence-electron chi connectivity index (χ1n) is 28.4. The summed E-state index contributed by atoms with van der Waals surface area (Å²) in [7, 11) is 0. The summed E-state index contributed by atoms with van der Waals surface area (Å²) in [5, 5.41) is 76.0. The number of hydrogen-bond donors (Lipinski definition) is 8. The summed E-state index contributed by atoms with van der Waals surface area (Å²) in [5.74, 6) is -0.718. The van der Waals surface area contributed by atoms with E-state index in [1.54, 1.807) is 0 Å². The highest BCUT2D eigenvalue weighted by Crippen LogP contribution is 2.23. The molecule has 400 valence electrons. The summed E-state index contributed by atoms with van der Waals surface area (Å²) in [6, 6.07) is -1.19. The molecular weight excluding hydrogens is 859 g/mol. The van der Waals surface area contributed by atoms with E-state index in [0.29, 0.717) is 12.8 Å². The second-order valence-corrected chi connectivity index (χ2v) is 20.0. The van der Waals surface area contributed by atoms with Gasteiger partial charge in [0.05, 0.1) is 25.4 Å². The molecule has 68 heavy (non-hydrogen) atoms. The normalized spacial score (nSPS) is 20.8. The predicted octanol–water partition coefficient (Wildman–Crippen LogP) is 11.5. The number of aliphatic hydroxyl groups excluding tert-OH is 7. The lowest BCUT2D eigenvalue weighted by atomic mass is 9.98. The van der Waals surface area contributed by atoms with Crippen LogP contribution in [0, 0.1) is 0 Å². The number of unbranched alkanes of at least 4 members (excludes halogenated alkanes) is 31. The largest absolute Gasteiger partial charge is 0.394 e. The molecule has 0 aromatic rings. The first-order chi connectivity index (χ1) is 33.2. The highest BCUT2D eigenvalue weighted by Gasteiger charge is 2.44. The maximum absolute atomic E-state index is 13.1. The van der Waals surface area contributed by atoms with Crippen molar-refractivity contribution in [2.24, 2.45) is 0 Å². The number of aliphatic hydroxyl groups is 7. The molecule has 9 unspecified atom stereocenters. The van der Waals surface area contributed by atoms with Gasteiger partial charge in [-0.2, -0.15) is 0 Å². The second-order valence-electron chi connectivity index (χ2n) is 20.0. The monoisotopic (exact) mass is 966 g/mol. The summed E-state index contributed by atoms with van der Waals surface area (Å²) >= 11 is 0. The number of nitrogens with one attached hydrogen (secondary N) is 1. The number of amides is 1. The van der Waals surface area contributed by atoms with E-state index in [1.807, 2.05) is 0 Å². The smallest absolute Gasteiger partial charge is 0.249 e. The van der Waals surface area contributed by atoms with Crippen LogP contribution in [0.2, 0.25) is 0 Å². The van der Waals surface area contributed by atoms with Gasteiger partial charge in [-0.1, -0.05) is 224 Å². The first-order valence-corrected chi connectivity index (χ1v) is 28.4. The molecule has 0 aromatic carbocycles. The second kappa shape index (κ2) is 46.4.